The molecule has 63 heavy (non-hydrogen) atoms. The third kappa shape index (κ3) is 31.5. The van der Waals surface area contributed by atoms with Crippen molar-refractivity contribution in [3.05, 3.63) is 12.2 Å². The van der Waals surface area contributed by atoms with Crippen molar-refractivity contribution in [1.29, 1.82) is 0 Å². The molecule has 0 aromatic rings. The Balaban J connectivity index is 2.35. The molecule has 1 rings (SSSR count). The monoisotopic (exact) mass is 900 g/mol. The van der Waals surface area contributed by atoms with Gasteiger partial charge in [-0.25, -0.2) is 0 Å². The van der Waals surface area contributed by atoms with Crippen LogP contribution in [0, 0.1) is 0 Å². The van der Waals surface area contributed by atoms with E-state index in [9.17, 15) is 40.5 Å². The number of carbonyl (C=O) groups excluding carboxylic acids is 1. The predicted octanol–water partition coefficient (Wildman–Crippen LogP) is 10.0. The minimum Gasteiger partial charge on any atom is -0.394 e. The maximum absolute atomic E-state index is 13.1. The van der Waals surface area contributed by atoms with Gasteiger partial charge in [0.05, 0.1) is 25.4 Å². The summed E-state index contributed by atoms with van der Waals surface area (Å²) in [5.74, 6) is -0.699. The fourth-order valence-corrected chi connectivity index (χ4v) is 8.67. The molecule has 0 saturated carbocycles. The molecule has 1 amide bonds. The third-order valence-electron chi connectivity index (χ3n) is 13.1. The minimum atomic E-state index is -1.66. The van der Waals surface area contributed by atoms with Crippen molar-refractivity contribution in [1.82, 2.24) is 5.32 Å². The summed E-state index contributed by atoms with van der Waals surface area (Å²) in [6, 6.07) is -1.17. The molecule has 9 unspecified atom stereocenters. The second-order valence-electron chi connectivity index (χ2n) is 19.0. The zero-order valence-electron chi connectivity index (χ0n) is 40.6. The largest absolute Gasteiger partial charge is 0.394 e. The van der Waals surface area contributed by atoms with E-state index in [0.29, 0.717) is 19.3 Å². The number of hydrogen-bond donors (Lipinski definition) is 8. The fourth-order valence-electron chi connectivity index (χ4n) is 8.67. The summed E-state index contributed by atoms with van der Waals surface area (Å²) in [5, 5.41) is 75.9. The highest BCUT2D eigenvalue weighted by Crippen LogP contribution is 2.23. The molecule has 0 spiro atoms. The Morgan fingerprint density at radius 1 is 0.540 bits per heavy atom. The summed E-state index contributed by atoms with van der Waals surface area (Å²) in [6.07, 6.45) is 35.4. The number of allylic oxidation sites excluding steroid dienone is 2. The van der Waals surface area contributed by atoms with Crippen LogP contribution in [-0.2, 0) is 14.3 Å². The number of rotatable bonds is 45. The molecule has 0 bridgehead atoms. The maximum atomic E-state index is 13.1. The molecule has 1 heterocycles. The molecule has 1 saturated heterocycles. The Hall–Kier alpha value is -1.15. The quantitative estimate of drug-likeness (QED) is 0.0216. The lowest BCUT2D eigenvalue weighted by atomic mass is 9.98. The lowest BCUT2D eigenvalue weighted by molar-refractivity contribution is -0.303. The van der Waals surface area contributed by atoms with Crippen molar-refractivity contribution in [3.63, 3.8) is 0 Å². The first kappa shape index (κ1) is 59.9. The molecular formula is C52H101NO10. The van der Waals surface area contributed by atoms with Gasteiger partial charge in [0.1, 0.15) is 36.6 Å². The molecule has 9 atom stereocenters. The van der Waals surface area contributed by atoms with Crippen LogP contribution < -0.4 is 5.32 Å². The first-order valence-electron chi connectivity index (χ1n) is 26.6. The first-order valence-corrected chi connectivity index (χ1v) is 26.6. The number of nitrogens with one attached hydrogen (secondary N) is 1. The van der Waals surface area contributed by atoms with Gasteiger partial charge in [-0.15, -0.1) is 0 Å². The summed E-state index contributed by atoms with van der Waals surface area (Å²) in [7, 11) is 0. The van der Waals surface area contributed by atoms with E-state index in [-0.39, 0.29) is 6.42 Å². The zero-order valence-corrected chi connectivity index (χ0v) is 40.6. The van der Waals surface area contributed by atoms with Crippen molar-refractivity contribution in [2.24, 2.45) is 0 Å². The Labute approximate surface area is 385 Å². The van der Waals surface area contributed by atoms with Gasteiger partial charge >= 0.3 is 0 Å². The molecule has 11 heteroatoms. The minimum absolute atomic E-state index is 0.256. The Bertz CT molecular complexity index is 1030. The molecule has 374 valence electrons. The van der Waals surface area contributed by atoms with E-state index in [1.54, 1.807) is 0 Å². The lowest BCUT2D eigenvalue weighted by Crippen LogP contribution is -2.60. The predicted molar refractivity (Wildman–Crippen MR) is 256 cm³/mol. The van der Waals surface area contributed by atoms with E-state index in [1.165, 1.54) is 154 Å². The van der Waals surface area contributed by atoms with Crippen molar-refractivity contribution < 1.29 is 50.0 Å². The highest BCUT2D eigenvalue weighted by molar-refractivity contribution is 5.80. The van der Waals surface area contributed by atoms with Crippen LogP contribution >= 0.6 is 0 Å². The SMILES string of the molecule is CCCCCCCCCCCCCC/C=C\CCCCCCCCC(O)C(=O)NC(COC1OC(CO)C(O)C(O)C1O)C(O)C(O)CCCCCCCCCCCCCCCC. The number of unbranched alkanes of at least 4 members (excludes halogenated alkanes) is 31. The summed E-state index contributed by atoms with van der Waals surface area (Å²) in [5.41, 5.74) is 0. The van der Waals surface area contributed by atoms with Crippen LogP contribution in [0.25, 0.3) is 0 Å². The molecule has 1 aliphatic rings. The van der Waals surface area contributed by atoms with Crippen LogP contribution in [0.1, 0.15) is 245 Å². The van der Waals surface area contributed by atoms with Gasteiger partial charge in [0.25, 0.3) is 0 Å². The Kier molecular flexibility index (Phi) is 40.1. The second-order valence-corrected chi connectivity index (χ2v) is 19.0. The normalized spacial score (nSPS) is 21.2. The maximum Gasteiger partial charge on any atom is 0.249 e. The second kappa shape index (κ2) is 42.2. The number of aliphatic hydroxyl groups is 7. The summed E-state index contributed by atoms with van der Waals surface area (Å²) in [6.45, 7) is 3.46. The third-order valence-corrected chi connectivity index (χ3v) is 13.1. The van der Waals surface area contributed by atoms with Gasteiger partial charge in [0, 0.05) is 0 Å². The Morgan fingerprint density at radius 3 is 1.33 bits per heavy atom. The molecule has 0 aromatic heterocycles. The highest BCUT2D eigenvalue weighted by atomic mass is 16.7. The molecule has 1 fully saturated rings. The lowest BCUT2D eigenvalue weighted by Gasteiger charge is -2.40. The number of carbonyl (C=O) groups is 1. The molecule has 8 N–H and O–H groups in total. The van der Waals surface area contributed by atoms with E-state index in [4.69, 9.17) is 9.47 Å². The number of amides is 1. The number of hydrogen-bond acceptors (Lipinski definition) is 10. The topological polar surface area (TPSA) is 189 Å². The molecule has 0 radical (unpaired) electrons. The first-order chi connectivity index (χ1) is 30.7. The van der Waals surface area contributed by atoms with Crippen LogP contribution in [0.2, 0.25) is 0 Å². The summed E-state index contributed by atoms with van der Waals surface area (Å²) >= 11 is 0. The molecule has 0 aromatic carbocycles. The number of ether oxygens (including phenoxy) is 2. The highest BCUT2D eigenvalue weighted by Gasteiger charge is 2.44. The van der Waals surface area contributed by atoms with Crippen molar-refractivity contribution >= 4 is 5.91 Å². The molecule has 1 aliphatic heterocycles. The van der Waals surface area contributed by atoms with E-state index >= 15 is 0 Å². The van der Waals surface area contributed by atoms with Gasteiger partial charge in [-0.2, -0.15) is 0 Å². The Morgan fingerprint density at radius 2 is 0.921 bits per heavy atom. The molecule has 11 nitrogen and oxygen atoms in total. The standard InChI is InChI=1S/C52H101NO10/c1-3-5-7-9-11-13-15-17-19-20-21-22-23-24-25-26-28-30-32-34-36-38-40-45(56)51(61)53-43(42-62-52-50(60)49(59)48(58)46(41-54)63-52)47(57)44(55)39-37-35-33-31-29-27-18-16-14-12-10-8-6-4-2/h24-25,43-50,52,54-60H,3-23,26-42H2,1-2H3,(H,53,61)/b25-24-. The fraction of sp³-hybridized carbons (Fsp3) is 0.942. The van der Waals surface area contributed by atoms with Crippen LogP contribution in [0.3, 0.4) is 0 Å². The van der Waals surface area contributed by atoms with Gasteiger partial charge in [0.2, 0.25) is 5.91 Å². The summed E-state index contributed by atoms with van der Waals surface area (Å²) < 4.78 is 11.1. The van der Waals surface area contributed by atoms with Crippen LogP contribution in [0.4, 0.5) is 0 Å². The average Bonchev–Trinajstić information content (AvgIpc) is 3.28. The van der Waals surface area contributed by atoms with E-state index in [2.05, 4.69) is 31.3 Å². The van der Waals surface area contributed by atoms with Crippen molar-refractivity contribution in [3.8, 4) is 0 Å². The summed E-state index contributed by atoms with van der Waals surface area (Å²) in [4.78, 5) is 13.1. The zero-order chi connectivity index (χ0) is 46.2. The van der Waals surface area contributed by atoms with Crippen LogP contribution in [0.15, 0.2) is 12.2 Å². The van der Waals surface area contributed by atoms with Gasteiger partial charge in [-0.1, -0.05) is 219 Å². The van der Waals surface area contributed by atoms with E-state index < -0.39 is 74.2 Å². The average molecular weight is 900 g/mol. The van der Waals surface area contributed by atoms with Gasteiger partial charge in [-0.3, -0.25) is 4.79 Å². The smallest absolute Gasteiger partial charge is 0.249 e. The molecule has 0 aliphatic carbocycles. The molecular weight excluding hydrogens is 799 g/mol. The number of aliphatic hydroxyl groups excluding tert-OH is 7. The van der Waals surface area contributed by atoms with Crippen LogP contribution in [-0.4, -0.2) is 110 Å². The van der Waals surface area contributed by atoms with Crippen LogP contribution in [0.5, 0.6) is 0 Å². The van der Waals surface area contributed by atoms with Gasteiger partial charge < -0.3 is 50.5 Å². The van der Waals surface area contributed by atoms with Crippen molar-refractivity contribution in [2.45, 2.75) is 300 Å². The van der Waals surface area contributed by atoms with E-state index in [1.807, 2.05) is 0 Å². The van der Waals surface area contributed by atoms with Crippen molar-refractivity contribution in [2.75, 3.05) is 13.2 Å². The van der Waals surface area contributed by atoms with Gasteiger partial charge in [0.15, 0.2) is 6.29 Å². The van der Waals surface area contributed by atoms with E-state index in [0.717, 1.165) is 51.4 Å². The van der Waals surface area contributed by atoms with Gasteiger partial charge in [-0.05, 0) is 38.5 Å².